The van der Waals surface area contributed by atoms with Crippen LogP contribution in [0.2, 0.25) is 5.04 Å². The van der Waals surface area contributed by atoms with Gasteiger partial charge in [0.15, 0.2) is 0 Å². The number of carbonyl (C=O) groups is 1. The van der Waals surface area contributed by atoms with E-state index in [2.05, 4.69) is 81.4 Å². The molecule has 2 aromatic carbocycles. The summed E-state index contributed by atoms with van der Waals surface area (Å²) in [5.41, 5.74) is 0. The second-order valence-corrected chi connectivity index (χ2v) is 13.5. The van der Waals surface area contributed by atoms with Gasteiger partial charge in [0.05, 0.1) is 5.92 Å². The van der Waals surface area contributed by atoms with Gasteiger partial charge in [-0.3, -0.25) is 4.79 Å². The molecule has 3 nitrogen and oxygen atoms in total. The SMILES string of the molecule is C[C@H]1C[C@H](CCCCO[Si](c2ccccc2)(c2ccccc2)C(C)(C)C)OC1=O. The molecule has 0 amide bonds. The van der Waals surface area contributed by atoms with Crippen molar-refractivity contribution in [2.75, 3.05) is 6.61 Å². The molecule has 0 aromatic heterocycles. The summed E-state index contributed by atoms with van der Waals surface area (Å²) < 4.78 is 12.3. The number of unbranched alkanes of at least 4 members (excludes halogenated alkanes) is 1. The number of benzene rings is 2. The third kappa shape index (κ3) is 4.81. The third-order valence-corrected chi connectivity index (χ3v) is 11.0. The minimum atomic E-state index is -2.44. The number of rotatable bonds is 8. The zero-order valence-corrected chi connectivity index (χ0v) is 19.2. The molecule has 0 radical (unpaired) electrons. The number of esters is 1. The molecule has 156 valence electrons. The van der Waals surface area contributed by atoms with Gasteiger partial charge in [0.25, 0.3) is 8.32 Å². The van der Waals surface area contributed by atoms with E-state index in [-0.39, 0.29) is 23.0 Å². The van der Waals surface area contributed by atoms with Crippen molar-refractivity contribution in [3.63, 3.8) is 0 Å². The molecule has 1 aliphatic rings. The Kier molecular flexibility index (Phi) is 6.96. The minimum Gasteiger partial charge on any atom is -0.462 e. The first-order valence-corrected chi connectivity index (χ1v) is 12.7. The van der Waals surface area contributed by atoms with Crippen LogP contribution in [0.3, 0.4) is 0 Å². The normalized spacial score (nSPS) is 19.9. The van der Waals surface area contributed by atoms with Crippen LogP contribution in [0.25, 0.3) is 0 Å². The first-order chi connectivity index (χ1) is 13.8. The summed E-state index contributed by atoms with van der Waals surface area (Å²) in [6.07, 6.45) is 3.87. The number of hydrogen-bond acceptors (Lipinski definition) is 3. The van der Waals surface area contributed by atoms with Crippen molar-refractivity contribution in [1.29, 1.82) is 0 Å². The zero-order valence-electron chi connectivity index (χ0n) is 18.2. The average molecular weight is 411 g/mol. The van der Waals surface area contributed by atoms with Crippen molar-refractivity contribution in [3.8, 4) is 0 Å². The minimum absolute atomic E-state index is 0.00607. The van der Waals surface area contributed by atoms with Crippen LogP contribution in [0.1, 0.15) is 53.4 Å². The molecule has 0 aliphatic carbocycles. The molecule has 2 aromatic rings. The van der Waals surface area contributed by atoms with Crippen LogP contribution >= 0.6 is 0 Å². The Balaban J connectivity index is 1.73. The van der Waals surface area contributed by atoms with Gasteiger partial charge in [0.2, 0.25) is 0 Å². The van der Waals surface area contributed by atoms with Gasteiger partial charge < -0.3 is 9.16 Å². The molecule has 0 bridgehead atoms. The highest BCUT2D eigenvalue weighted by atomic mass is 28.4. The second kappa shape index (κ2) is 9.27. The van der Waals surface area contributed by atoms with E-state index in [1.54, 1.807) is 0 Å². The number of ether oxygens (including phenoxy) is 1. The van der Waals surface area contributed by atoms with E-state index in [1.807, 2.05) is 6.92 Å². The molecule has 29 heavy (non-hydrogen) atoms. The monoisotopic (exact) mass is 410 g/mol. The number of cyclic esters (lactones) is 1. The maximum atomic E-state index is 11.6. The Bertz CT molecular complexity index is 743. The van der Waals surface area contributed by atoms with E-state index in [9.17, 15) is 4.79 Å². The van der Waals surface area contributed by atoms with Gasteiger partial charge >= 0.3 is 5.97 Å². The first kappa shape index (κ1) is 21.8. The predicted octanol–water partition coefficient (Wildman–Crippen LogP) is 4.68. The molecule has 2 atom stereocenters. The van der Waals surface area contributed by atoms with E-state index < -0.39 is 8.32 Å². The number of hydrogen-bond donors (Lipinski definition) is 0. The molecular formula is C25H34O3Si. The van der Waals surface area contributed by atoms with Crippen LogP contribution in [0, 0.1) is 5.92 Å². The summed E-state index contributed by atoms with van der Waals surface area (Å²) in [4.78, 5) is 11.6. The Morgan fingerprint density at radius 2 is 1.52 bits per heavy atom. The van der Waals surface area contributed by atoms with Crippen molar-refractivity contribution in [3.05, 3.63) is 60.7 Å². The Labute approximate surface area is 176 Å². The lowest BCUT2D eigenvalue weighted by Gasteiger charge is -2.43. The summed E-state index contributed by atoms with van der Waals surface area (Å²) in [7, 11) is -2.44. The fourth-order valence-electron chi connectivity index (χ4n) is 4.46. The molecular weight excluding hydrogens is 376 g/mol. The highest BCUT2D eigenvalue weighted by Gasteiger charge is 2.49. The van der Waals surface area contributed by atoms with Gasteiger partial charge in [-0.05, 0) is 41.1 Å². The lowest BCUT2D eigenvalue weighted by Crippen LogP contribution is -2.66. The summed E-state index contributed by atoms with van der Waals surface area (Å²) >= 11 is 0. The fraction of sp³-hybridized carbons (Fsp3) is 0.480. The van der Waals surface area contributed by atoms with Crippen LogP contribution in [0.15, 0.2) is 60.7 Å². The molecule has 3 rings (SSSR count). The maximum absolute atomic E-state index is 11.6. The summed E-state index contributed by atoms with van der Waals surface area (Å²) in [5.74, 6) is 0.00641. The summed E-state index contributed by atoms with van der Waals surface area (Å²) in [5, 5.41) is 2.64. The fourth-order valence-corrected chi connectivity index (χ4v) is 9.06. The van der Waals surface area contributed by atoms with Crippen LogP contribution in [0.5, 0.6) is 0 Å². The number of carbonyl (C=O) groups excluding carboxylic acids is 1. The second-order valence-electron chi connectivity index (χ2n) is 9.20. The Hall–Kier alpha value is -1.91. The molecule has 0 spiro atoms. The van der Waals surface area contributed by atoms with Gasteiger partial charge in [-0.15, -0.1) is 0 Å². The molecule has 1 heterocycles. The molecule has 0 saturated carbocycles. The van der Waals surface area contributed by atoms with Crippen LogP contribution in [-0.4, -0.2) is 27.0 Å². The average Bonchev–Trinajstić information content (AvgIpc) is 3.02. The van der Waals surface area contributed by atoms with Crippen LogP contribution in [-0.2, 0) is 14.0 Å². The van der Waals surface area contributed by atoms with Gasteiger partial charge in [-0.2, -0.15) is 0 Å². The van der Waals surface area contributed by atoms with Crippen molar-refractivity contribution in [1.82, 2.24) is 0 Å². The van der Waals surface area contributed by atoms with Gasteiger partial charge in [0.1, 0.15) is 6.10 Å². The highest BCUT2D eigenvalue weighted by molar-refractivity contribution is 6.99. The van der Waals surface area contributed by atoms with E-state index in [0.717, 1.165) is 32.3 Å². The largest absolute Gasteiger partial charge is 0.462 e. The predicted molar refractivity (Wildman–Crippen MR) is 121 cm³/mol. The van der Waals surface area contributed by atoms with Gasteiger partial charge in [0, 0.05) is 6.61 Å². The maximum Gasteiger partial charge on any atom is 0.309 e. The van der Waals surface area contributed by atoms with E-state index in [0.29, 0.717) is 0 Å². The van der Waals surface area contributed by atoms with Crippen LogP contribution < -0.4 is 10.4 Å². The highest BCUT2D eigenvalue weighted by Crippen LogP contribution is 2.37. The van der Waals surface area contributed by atoms with Crippen LogP contribution in [0.4, 0.5) is 0 Å². The summed E-state index contributed by atoms with van der Waals surface area (Å²) in [6.45, 7) is 9.59. The van der Waals surface area contributed by atoms with Crippen molar-refractivity contribution < 1.29 is 14.0 Å². The van der Waals surface area contributed by atoms with Crippen molar-refractivity contribution >= 4 is 24.7 Å². The first-order valence-electron chi connectivity index (χ1n) is 10.8. The smallest absolute Gasteiger partial charge is 0.309 e. The topological polar surface area (TPSA) is 35.5 Å². The summed E-state index contributed by atoms with van der Waals surface area (Å²) in [6, 6.07) is 21.5. The van der Waals surface area contributed by atoms with Crippen molar-refractivity contribution in [2.24, 2.45) is 5.92 Å². The molecule has 1 saturated heterocycles. The third-order valence-electron chi connectivity index (χ3n) is 5.96. The lowest BCUT2D eigenvalue weighted by atomic mass is 10.0. The molecule has 1 fully saturated rings. The van der Waals surface area contributed by atoms with E-state index in [4.69, 9.17) is 9.16 Å². The standard InChI is InChI=1S/C25H34O3Si/c1-20-19-21(28-24(20)26)13-11-12-18-27-29(25(2,3)4,22-14-7-5-8-15-22)23-16-9-6-10-17-23/h5-10,14-17,20-21H,11-13,18-19H2,1-4H3/t20-,21-/m0/s1. The van der Waals surface area contributed by atoms with E-state index in [1.165, 1.54) is 10.4 Å². The quantitative estimate of drug-likeness (QED) is 0.360. The zero-order chi connectivity index (χ0) is 20.9. The molecule has 0 N–H and O–H groups in total. The lowest BCUT2D eigenvalue weighted by molar-refractivity contribution is -0.144. The van der Waals surface area contributed by atoms with Gasteiger partial charge in [-0.1, -0.05) is 88.4 Å². The molecule has 0 unspecified atom stereocenters. The Morgan fingerprint density at radius 3 is 1.97 bits per heavy atom. The Morgan fingerprint density at radius 1 is 0.966 bits per heavy atom. The molecule has 1 aliphatic heterocycles. The van der Waals surface area contributed by atoms with Crippen molar-refractivity contribution in [2.45, 2.75) is 64.5 Å². The molecule has 4 heteroatoms. The van der Waals surface area contributed by atoms with E-state index >= 15 is 0 Å². The van der Waals surface area contributed by atoms with Gasteiger partial charge in [-0.25, -0.2) is 0 Å².